The van der Waals surface area contributed by atoms with Crippen molar-refractivity contribution in [2.75, 3.05) is 5.73 Å². The summed E-state index contributed by atoms with van der Waals surface area (Å²) in [4.78, 5) is 1.29. The number of hydrogen-bond acceptors (Lipinski definition) is 5. The van der Waals surface area contributed by atoms with Gasteiger partial charge in [0.25, 0.3) is 0 Å². The summed E-state index contributed by atoms with van der Waals surface area (Å²) in [7, 11) is 0. The van der Waals surface area contributed by atoms with Gasteiger partial charge in [0.1, 0.15) is 5.01 Å². The van der Waals surface area contributed by atoms with Gasteiger partial charge in [-0.25, -0.2) is 0 Å². The van der Waals surface area contributed by atoms with Crippen LogP contribution in [0.2, 0.25) is 0 Å². The third-order valence-corrected chi connectivity index (χ3v) is 4.95. The lowest BCUT2D eigenvalue weighted by Crippen LogP contribution is -1.83. The average Bonchev–Trinajstić information content (AvgIpc) is 2.94. The van der Waals surface area contributed by atoms with E-state index in [0.717, 1.165) is 16.3 Å². The van der Waals surface area contributed by atoms with Crippen molar-refractivity contribution in [3.63, 3.8) is 0 Å². The van der Waals surface area contributed by atoms with Gasteiger partial charge in [0.2, 0.25) is 5.13 Å². The molecule has 0 atom stereocenters. The molecule has 3 nitrogen and oxygen atoms in total. The van der Waals surface area contributed by atoms with Crippen LogP contribution in [0.4, 0.5) is 5.13 Å². The van der Waals surface area contributed by atoms with Gasteiger partial charge in [-0.05, 0) is 24.6 Å². The second-order valence-electron chi connectivity index (χ2n) is 4.74. The molecule has 3 aromatic rings. The highest BCUT2D eigenvalue weighted by molar-refractivity contribution is 7.98. The standard InChI is InChI=1S/C16H15N3S2/c1-11-2-8-14(9-3-11)20-10-12-4-6-13(7-5-12)15-18-19-16(17)21-15/h2-9H,10H2,1H3,(H2,17,19). The van der Waals surface area contributed by atoms with Crippen molar-refractivity contribution in [3.8, 4) is 10.6 Å². The molecule has 5 heteroatoms. The van der Waals surface area contributed by atoms with Gasteiger partial charge in [-0.2, -0.15) is 0 Å². The molecular formula is C16H15N3S2. The predicted molar refractivity (Wildman–Crippen MR) is 90.5 cm³/mol. The molecule has 2 N–H and O–H groups in total. The van der Waals surface area contributed by atoms with Crippen molar-refractivity contribution in [3.05, 3.63) is 59.7 Å². The zero-order valence-electron chi connectivity index (χ0n) is 11.6. The highest BCUT2D eigenvalue weighted by atomic mass is 32.2. The average molecular weight is 313 g/mol. The molecule has 0 spiro atoms. The Morgan fingerprint density at radius 3 is 2.33 bits per heavy atom. The number of nitrogen functional groups attached to an aromatic ring is 1. The SMILES string of the molecule is Cc1ccc(SCc2ccc(-c3nnc(N)s3)cc2)cc1. The first-order valence-electron chi connectivity index (χ1n) is 6.58. The van der Waals surface area contributed by atoms with Crippen LogP contribution in [-0.4, -0.2) is 10.2 Å². The Labute approximate surface area is 132 Å². The molecule has 0 unspecified atom stereocenters. The van der Waals surface area contributed by atoms with Crippen LogP contribution in [0.3, 0.4) is 0 Å². The molecule has 0 amide bonds. The molecule has 21 heavy (non-hydrogen) atoms. The van der Waals surface area contributed by atoms with Crippen molar-refractivity contribution in [1.82, 2.24) is 10.2 Å². The van der Waals surface area contributed by atoms with E-state index in [2.05, 4.69) is 65.7 Å². The van der Waals surface area contributed by atoms with Crippen LogP contribution in [0.25, 0.3) is 10.6 Å². The van der Waals surface area contributed by atoms with Crippen molar-refractivity contribution in [2.24, 2.45) is 0 Å². The van der Waals surface area contributed by atoms with Crippen LogP contribution in [0.15, 0.2) is 53.4 Å². The van der Waals surface area contributed by atoms with Crippen molar-refractivity contribution in [2.45, 2.75) is 17.6 Å². The summed E-state index contributed by atoms with van der Waals surface area (Å²) >= 11 is 3.25. The van der Waals surface area contributed by atoms with Crippen LogP contribution in [-0.2, 0) is 5.75 Å². The molecule has 0 aliphatic carbocycles. The molecule has 0 saturated carbocycles. The van der Waals surface area contributed by atoms with Crippen LogP contribution in [0.1, 0.15) is 11.1 Å². The molecule has 106 valence electrons. The minimum Gasteiger partial charge on any atom is -0.374 e. The maximum Gasteiger partial charge on any atom is 0.203 e. The van der Waals surface area contributed by atoms with E-state index in [9.17, 15) is 0 Å². The summed E-state index contributed by atoms with van der Waals surface area (Å²) in [5.41, 5.74) is 9.26. The van der Waals surface area contributed by atoms with E-state index in [1.54, 1.807) is 0 Å². The zero-order valence-corrected chi connectivity index (χ0v) is 13.2. The maximum atomic E-state index is 5.61. The van der Waals surface area contributed by atoms with E-state index < -0.39 is 0 Å². The summed E-state index contributed by atoms with van der Waals surface area (Å²) in [5.74, 6) is 0.960. The highest BCUT2D eigenvalue weighted by Crippen LogP contribution is 2.27. The third kappa shape index (κ3) is 3.62. The molecule has 0 saturated heterocycles. The Bertz CT molecular complexity index is 718. The monoisotopic (exact) mass is 313 g/mol. The van der Waals surface area contributed by atoms with E-state index in [-0.39, 0.29) is 0 Å². The second-order valence-corrected chi connectivity index (χ2v) is 6.80. The highest BCUT2D eigenvalue weighted by Gasteiger charge is 2.04. The fraction of sp³-hybridized carbons (Fsp3) is 0.125. The number of rotatable bonds is 4. The van der Waals surface area contributed by atoms with Gasteiger partial charge in [0.15, 0.2) is 0 Å². The Hall–Kier alpha value is -1.85. The molecule has 0 radical (unpaired) electrons. The van der Waals surface area contributed by atoms with E-state index in [1.165, 1.54) is 27.4 Å². The number of nitrogens with zero attached hydrogens (tertiary/aromatic N) is 2. The van der Waals surface area contributed by atoms with Crippen molar-refractivity contribution in [1.29, 1.82) is 0 Å². The maximum absolute atomic E-state index is 5.61. The number of aromatic nitrogens is 2. The van der Waals surface area contributed by atoms with Crippen LogP contribution in [0.5, 0.6) is 0 Å². The number of thioether (sulfide) groups is 1. The number of nitrogens with two attached hydrogens (primary N) is 1. The van der Waals surface area contributed by atoms with Crippen molar-refractivity contribution >= 4 is 28.2 Å². The van der Waals surface area contributed by atoms with Gasteiger partial charge >= 0.3 is 0 Å². The van der Waals surface area contributed by atoms with Crippen molar-refractivity contribution < 1.29 is 0 Å². The van der Waals surface area contributed by atoms with E-state index in [4.69, 9.17) is 5.73 Å². The van der Waals surface area contributed by atoms with E-state index in [0.29, 0.717) is 5.13 Å². The molecule has 0 bridgehead atoms. The Kier molecular flexibility index (Phi) is 4.22. The number of benzene rings is 2. The van der Waals surface area contributed by atoms with Gasteiger partial charge in [0.05, 0.1) is 0 Å². The molecular weight excluding hydrogens is 298 g/mol. The molecule has 0 aliphatic rings. The molecule has 1 aromatic heterocycles. The van der Waals surface area contributed by atoms with E-state index in [1.807, 2.05) is 11.8 Å². The topological polar surface area (TPSA) is 51.8 Å². The summed E-state index contributed by atoms with van der Waals surface area (Å²) in [6, 6.07) is 17.0. The van der Waals surface area contributed by atoms with Crippen LogP contribution in [0, 0.1) is 6.92 Å². The Balaban J connectivity index is 1.65. The molecule has 0 fully saturated rings. The minimum absolute atomic E-state index is 0.504. The van der Waals surface area contributed by atoms with Crippen LogP contribution < -0.4 is 5.73 Å². The summed E-state index contributed by atoms with van der Waals surface area (Å²) < 4.78 is 0. The minimum atomic E-state index is 0.504. The van der Waals surface area contributed by atoms with Gasteiger partial charge in [-0.3, -0.25) is 0 Å². The molecule has 3 rings (SSSR count). The molecule has 2 aromatic carbocycles. The smallest absolute Gasteiger partial charge is 0.203 e. The Morgan fingerprint density at radius 1 is 1.00 bits per heavy atom. The van der Waals surface area contributed by atoms with Gasteiger partial charge < -0.3 is 5.73 Å². The largest absolute Gasteiger partial charge is 0.374 e. The Morgan fingerprint density at radius 2 is 1.71 bits per heavy atom. The first-order valence-corrected chi connectivity index (χ1v) is 8.39. The lowest BCUT2D eigenvalue weighted by Gasteiger charge is -2.03. The summed E-state index contributed by atoms with van der Waals surface area (Å²) in [6.07, 6.45) is 0. The molecule has 0 aliphatic heterocycles. The van der Waals surface area contributed by atoms with Gasteiger partial charge in [-0.1, -0.05) is 53.3 Å². The first kappa shape index (κ1) is 14.1. The number of aryl methyl sites for hydroxylation is 1. The number of anilines is 1. The summed E-state index contributed by atoms with van der Waals surface area (Å²) in [6.45, 7) is 2.10. The first-order chi connectivity index (χ1) is 10.2. The normalized spacial score (nSPS) is 10.7. The van der Waals surface area contributed by atoms with Gasteiger partial charge in [-0.15, -0.1) is 22.0 Å². The molecule has 1 heterocycles. The van der Waals surface area contributed by atoms with Gasteiger partial charge in [0, 0.05) is 16.2 Å². The summed E-state index contributed by atoms with van der Waals surface area (Å²) in [5, 5.41) is 9.27. The van der Waals surface area contributed by atoms with E-state index >= 15 is 0 Å². The van der Waals surface area contributed by atoms with Crippen LogP contribution >= 0.6 is 23.1 Å². The zero-order chi connectivity index (χ0) is 14.7. The third-order valence-electron chi connectivity index (χ3n) is 3.07. The second kappa shape index (κ2) is 6.28. The predicted octanol–water partition coefficient (Wildman–Crippen LogP) is 4.39. The fourth-order valence-corrected chi connectivity index (χ4v) is 3.37. The quantitative estimate of drug-likeness (QED) is 0.726. The lowest BCUT2D eigenvalue weighted by molar-refractivity contribution is 1.10. The number of hydrogen-bond donors (Lipinski definition) is 1. The lowest BCUT2D eigenvalue weighted by atomic mass is 10.2. The fourth-order valence-electron chi connectivity index (χ4n) is 1.90.